The molecule has 0 bridgehead atoms. The Hall–Kier alpha value is -3.61. The van der Waals surface area contributed by atoms with E-state index in [0.717, 1.165) is 11.1 Å². The quantitative estimate of drug-likeness (QED) is 0.627. The molecule has 3 aromatic rings. The Morgan fingerprint density at radius 1 is 1.00 bits per heavy atom. The predicted octanol–water partition coefficient (Wildman–Crippen LogP) is 4.00. The molecule has 0 atom stereocenters. The fourth-order valence-corrected chi connectivity index (χ4v) is 3.23. The van der Waals surface area contributed by atoms with Crippen molar-refractivity contribution in [2.75, 3.05) is 13.1 Å². The van der Waals surface area contributed by atoms with E-state index in [1.807, 2.05) is 38.1 Å². The Morgan fingerprint density at radius 3 is 2.32 bits per heavy atom. The van der Waals surface area contributed by atoms with Gasteiger partial charge in [-0.1, -0.05) is 36.4 Å². The Bertz CT molecular complexity index is 1080. The van der Waals surface area contributed by atoms with Crippen LogP contribution in [0.2, 0.25) is 0 Å². The molecule has 7 heteroatoms. The Morgan fingerprint density at radius 2 is 1.68 bits per heavy atom. The van der Waals surface area contributed by atoms with E-state index in [9.17, 15) is 14.0 Å². The second kappa shape index (κ2) is 9.93. The molecule has 0 aliphatic rings. The van der Waals surface area contributed by atoms with Crippen molar-refractivity contribution in [1.82, 2.24) is 20.2 Å². The van der Waals surface area contributed by atoms with Crippen LogP contribution >= 0.6 is 0 Å². The highest BCUT2D eigenvalue weighted by Crippen LogP contribution is 2.23. The lowest BCUT2D eigenvalue weighted by molar-refractivity contribution is 0.0772. The number of rotatable bonds is 7. The van der Waals surface area contributed by atoms with E-state index in [0.29, 0.717) is 30.2 Å². The third-order valence-electron chi connectivity index (χ3n) is 4.99. The van der Waals surface area contributed by atoms with Gasteiger partial charge in [-0.15, -0.1) is 0 Å². The summed E-state index contributed by atoms with van der Waals surface area (Å²) < 4.78 is 13.7. The maximum Gasteiger partial charge on any atom is 0.257 e. The summed E-state index contributed by atoms with van der Waals surface area (Å²) in [6, 6.07) is 13.3. The monoisotopic (exact) mass is 420 g/mol. The summed E-state index contributed by atoms with van der Waals surface area (Å²) in [5, 5.41) is 2.72. The minimum absolute atomic E-state index is 0.00939. The zero-order valence-electron chi connectivity index (χ0n) is 17.9. The fourth-order valence-electron chi connectivity index (χ4n) is 3.23. The average Bonchev–Trinajstić information content (AvgIpc) is 2.79. The highest BCUT2D eigenvalue weighted by atomic mass is 19.1. The highest BCUT2D eigenvalue weighted by molar-refractivity contribution is 5.99. The summed E-state index contributed by atoms with van der Waals surface area (Å²) in [5.41, 5.74) is 2.66. The molecule has 0 unspecified atom stereocenters. The zero-order chi connectivity index (χ0) is 22.4. The molecule has 0 aliphatic heterocycles. The van der Waals surface area contributed by atoms with Gasteiger partial charge in [-0.05, 0) is 38.5 Å². The predicted molar refractivity (Wildman–Crippen MR) is 117 cm³/mol. The van der Waals surface area contributed by atoms with Crippen LogP contribution in [0.3, 0.4) is 0 Å². The number of halogens is 1. The van der Waals surface area contributed by atoms with E-state index in [-0.39, 0.29) is 18.0 Å². The van der Waals surface area contributed by atoms with Crippen molar-refractivity contribution in [1.29, 1.82) is 0 Å². The van der Waals surface area contributed by atoms with Crippen molar-refractivity contribution in [3.05, 3.63) is 83.1 Å². The summed E-state index contributed by atoms with van der Waals surface area (Å²) in [4.78, 5) is 35.5. The Balaban J connectivity index is 1.79. The number of carbonyl (C=O) groups excluding carboxylic acids is 2. The molecule has 0 saturated heterocycles. The number of nitrogens with one attached hydrogen (secondary N) is 1. The number of amides is 2. The first-order valence-corrected chi connectivity index (χ1v) is 10.2. The van der Waals surface area contributed by atoms with Gasteiger partial charge in [0, 0.05) is 31.4 Å². The summed E-state index contributed by atoms with van der Waals surface area (Å²) in [6.07, 6.45) is 1.57. The van der Waals surface area contributed by atoms with Crippen LogP contribution in [0.1, 0.15) is 46.0 Å². The molecule has 0 fully saturated rings. The molecule has 2 amide bonds. The molecule has 1 heterocycles. The van der Waals surface area contributed by atoms with E-state index < -0.39 is 11.7 Å². The first kappa shape index (κ1) is 22.1. The normalized spacial score (nSPS) is 10.6. The van der Waals surface area contributed by atoms with Gasteiger partial charge in [-0.3, -0.25) is 9.59 Å². The van der Waals surface area contributed by atoms with Gasteiger partial charge in [0.15, 0.2) is 0 Å². The summed E-state index contributed by atoms with van der Waals surface area (Å²) >= 11 is 0. The van der Waals surface area contributed by atoms with Crippen LogP contribution in [0, 0.1) is 12.7 Å². The number of aromatic nitrogens is 2. The minimum atomic E-state index is -0.556. The zero-order valence-corrected chi connectivity index (χ0v) is 17.9. The van der Waals surface area contributed by atoms with Crippen molar-refractivity contribution in [2.45, 2.75) is 27.3 Å². The van der Waals surface area contributed by atoms with Gasteiger partial charge < -0.3 is 10.2 Å². The molecule has 31 heavy (non-hydrogen) atoms. The van der Waals surface area contributed by atoms with Crippen LogP contribution in [-0.4, -0.2) is 39.8 Å². The number of nitrogens with zero attached hydrogens (tertiary/aromatic N) is 3. The molecule has 1 N–H and O–H groups in total. The van der Waals surface area contributed by atoms with Gasteiger partial charge in [-0.2, -0.15) is 0 Å². The molecular formula is C24H25FN4O2. The Kier molecular flexibility index (Phi) is 7.07. The number of hydrogen-bond donors (Lipinski definition) is 1. The molecule has 1 aromatic heterocycles. The first-order valence-electron chi connectivity index (χ1n) is 10.2. The van der Waals surface area contributed by atoms with Crippen LogP contribution in [0.4, 0.5) is 4.39 Å². The third-order valence-corrected chi connectivity index (χ3v) is 4.99. The number of benzene rings is 2. The van der Waals surface area contributed by atoms with Gasteiger partial charge in [0.25, 0.3) is 11.8 Å². The second-order valence-electron chi connectivity index (χ2n) is 7.02. The number of carbonyl (C=O) groups is 2. The highest BCUT2D eigenvalue weighted by Gasteiger charge is 2.19. The van der Waals surface area contributed by atoms with Crippen LogP contribution in [0.25, 0.3) is 11.3 Å². The van der Waals surface area contributed by atoms with Crippen molar-refractivity contribution in [3.8, 4) is 11.3 Å². The van der Waals surface area contributed by atoms with E-state index in [2.05, 4.69) is 15.3 Å². The third kappa shape index (κ3) is 5.12. The van der Waals surface area contributed by atoms with Gasteiger partial charge in [-0.25, -0.2) is 14.4 Å². The molecule has 0 spiro atoms. The second-order valence-corrected chi connectivity index (χ2v) is 7.02. The standard InChI is InChI=1S/C24H25FN4O2/c1-4-29(5-2)24(31)20-15-26-16(3)28-22(20)18-12-10-17(11-13-18)14-27-23(30)19-8-6-7-9-21(19)25/h6-13,15H,4-5,14H2,1-3H3,(H,27,30). The van der Waals surface area contributed by atoms with E-state index in [1.54, 1.807) is 30.2 Å². The number of aryl methyl sites for hydroxylation is 1. The lowest BCUT2D eigenvalue weighted by Gasteiger charge is -2.20. The lowest BCUT2D eigenvalue weighted by atomic mass is 10.0. The summed E-state index contributed by atoms with van der Waals surface area (Å²) in [7, 11) is 0. The molecular weight excluding hydrogens is 395 g/mol. The van der Waals surface area contributed by atoms with Gasteiger partial charge in [0.05, 0.1) is 16.8 Å². The average molecular weight is 420 g/mol. The van der Waals surface area contributed by atoms with Crippen molar-refractivity contribution >= 4 is 11.8 Å². The molecule has 6 nitrogen and oxygen atoms in total. The first-order chi connectivity index (χ1) is 14.9. The van der Waals surface area contributed by atoms with Crippen molar-refractivity contribution in [2.24, 2.45) is 0 Å². The van der Waals surface area contributed by atoms with Crippen molar-refractivity contribution < 1.29 is 14.0 Å². The largest absolute Gasteiger partial charge is 0.348 e. The summed E-state index contributed by atoms with van der Waals surface area (Å²) in [6.45, 7) is 7.09. The van der Waals surface area contributed by atoms with Crippen LogP contribution in [0.5, 0.6) is 0 Å². The molecule has 160 valence electrons. The Labute approximate surface area is 181 Å². The topological polar surface area (TPSA) is 75.2 Å². The maximum atomic E-state index is 13.7. The molecule has 0 radical (unpaired) electrons. The van der Waals surface area contributed by atoms with Gasteiger partial charge in [0.2, 0.25) is 0 Å². The van der Waals surface area contributed by atoms with Gasteiger partial charge in [0.1, 0.15) is 11.6 Å². The minimum Gasteiger partial charge on any atom is -0.348 e. The number of hydrogen-bond acceptors (Lipinski definition) is 4. The summed E-state index contributed by atoms with van der Waals surface area (Å²) in [5.74, 6) is -0.561. The van der Waals surface area contributed by atoms with Crippen LogP contribution in [-0.2, 0) is 6.54 Å². The SMILES string of the molecule is CCN(CC)C(=O)c1cnc(C)nc1-c1ccc(CNC(=O)c2ccccc2F)cc1. The smallest absolute Gasteiger partial charge is 0.257 e. The molecule has 0 aliphatic carbocycles. The van der Waals surface area contributed by atoms with E-state index in [1.165, 1.54) is 12.1 Å². The van der Waals surface area contributed by atoms with Crippen LogP contribution < -0.4 is 5.32 Å². The van der Waals surface area contributed by atoms with E-state index in [4.69, 9.17) is 0 Å². The van der Waals surface area contributed by atoms with Crippen molar-refractivity contribution in [3.63, 3.8) is 0 Å². The molecule has 3 rings (SSSR count). The molecule has 0 saturated carbocycles. The fraction of sp³-hybridized carbons (Fsp3) is 0.250. The maximum absolute atomic E-state index is 13.7. The van der Waals surface area contributed by atoms with E-state index >= 15 is 0 Å². The molecule has 2 aromatic carbocycles. The van der Waals surface area contributed by atoms with Crippen LogP contribution in [0.15, 0.2) is 54.7 Å². The lowest BCUT2D eigenvalue weighted by Crippen LogP contribution is -2.31. The van der Waals surface area contributed by atoms with Gasteiger partial charge >= 0.3 is 0 Å².